The van der Waals surface area contributed by atoms with Gasteiger partial charge in [-0.05, 0) is 45.4 Å². The predicted molar refractivity (Wildman–Crippen MR) is 137 cm³/mol. The highest BCUT2D eigenvalue weighted by Gasteiger charge is 2.21. The molecule has 0 saturated carbocycles. The zero-order valence-electron chi connectivity index (χ0n) is 22.1. The molecular formula is C25H33N9O4. The number of ether oxygens (including phenoxy) is 3. The van der Waals surface area contributed by atoms with Crippen LogP contribution in [0, 0.1) is 0 Å². The Morgan fingerprint density at radius 3 is 1.97 bits per heavy atom. The molecule has 0 aliphatic carbocycles. The molecule has 0 spiro atoms. The van der Waals surface area contributed by atoms with Gasteiger partial charge in [-0.1, -0.05) is 17.4 Å². The lowest BCUT2D eigenvalue weighted by atomic mass is 10.1. The lowest BCUT2D eigenvalue weighted by molar-refractivity contribution is 0.0954. The van der Waals surface area contributed by atoms with Gasteiger partial charge >= 0.3 is 0 Å². The molecule has 3 heterocycles. The molecule has 1 unspecified atom stereocenters. The van der Waals surface area contributed by atoms with E-state index in [-0.39, 0.29) is 31.8 Å². The molecule has 0 radical (unpaired) electrons. The number of amides is 1. The number of hydrogen-bond donors (Lipinski definition) is 1. The van der Waals surface area contributed by atoms with Crippen molar-refractivity contribution in [3.8, 4) is 17.2 Å². The van der Waals surface area contributed by atoms with Crippen LogP contribution in [0.2, 0.25) is 0 Å². The van der Waals surface area contributed by atoms with Gasteiger partial charge in [-0.3, -0.25) is 14.2 Å². The van der Waals surface area contributed by atoms with E-state index in [9.17, 15) is 4.79 Å². The van der Waals surface area contributed by atoms with Crippen LogP contribution in [0.15, 0.2) is 46.5 Å². The number of nitrogens with one attached hydrogen (secondary N) is 1. The van der Waals surface area contributed by atoms with Crippen LogP contribution in [0.25, 0.3) is 0 Å². The fourth-order valence-electron chi connectivity index (χ4n) is 3.61. The monoisotopic (exact) mass is 523 g/mol. The Hall–Kier alpha value is -4.29. The number of benzene rings is 1. The summed E-state index contributed by atoms with van der Waals surface area (Å²) in [5, 5.41) is 27.6. The van der Waals surface area contributed by atoms with Crippen molar-refractivity contribution in [2.45, 2.75) is 66.5 Å². The van der Waals surface area contributed by atoms with Crippen LogP contribution in [0.3, 0.4) is 0 Å². The van der Waals surface area contributed by atoms with Crippen LogP contribution >= 0.6 is 0 Å². The van der Waals surface area contributed by atoms with E-state index < -0.39 is 0 Å². The highest BCUT2D eigenvalue weighted by Crippen LogP contribution is 2.40. The summed E-state index contributed by atoms with van der Waals surface area (Å²) in [4.78, 5) is 12.8. The average molecular weight is 524 g/mol. The first kappa shape index (κ1) is 26.8. The third-order valence-electron chi connectivity index (χ3n) is 5.69. The second-order valence-corrected chi connectivity index (χ2v) is 8.51. The van der Waals surface area contributed by atoms with E-state index in [4.69, 9.17) is 14.2 Å². The first-order chi connectivity index (χ1) is 18.5. The van der Waals surface area contributed by atoms with E-state index in [2.05, 4.69) is 36.2 Å². The summed E-state index contributed by atoms with van der Waals surface area (Å²) in [6.07, 6.45) is 6.43. The van der Waals surface area contributed by atoms with Gasteiger partial charge in [0.25, 0.3) is 5.91 Å². The summed E-state index contributed by atoms with van der Waals surface area (Å²) in [6.45, 7) is 10.1. The lowest BCUT2D eigenvalue weighted by Crippen LogP contribution is -2.23. The molecule has 4 rings (SSSR count). The largest absolute Gasteiger partial charge is 0.483 e. The molecule has 1 aliphatic rings. The fourth-order valence-corrected chi connectivity index (χ4v) is 3.61. The summed E-state index contributed by atoms with van der Waals surface area (Å²) in [7, 11) is 0. The molecule has 0 bridgehead atoms. The summed E-state index contributed by atoms with van der Waals surface area (Å²) in [6, 6.07) is 3.30. The Balaban J connectivity index is 1.65. The van der Waals surface area contributed by atoms with Gasteiger partial charge in [0.15, 0.2) is 11.5 Å². The molecule has 0 fully saturated rings. The van der Waals surface area contributed by atoms with Crippen molar-refractivity contribution in [2.75, 3.05) is 13.2 Å². The maximum atomic E-state index is 12.8. The topological polar surface area (TPSA) is 143 Å². The molecule has 1 atom stereocenters. The zero-order valence-corrected chi connectivity index (χ0v) is 22.1. The van der Waals surface area contributed by atoms with Crippen molar-refractivity contribution >= 4 is 5.91 Å². The van der Waals surface area contributed by atoms with E-state index in [1.807, 2.05) is 33.8 Å². The highest BCUT2D eigenvalue weighted by atomic mass is 16.5. The second kappa shape index (κ2) is 12.8. The normalized spacial score (nSPS) is 14.4. The minimum atomic E-state index is -0.263. The Morgan fingerprint density at radius 1 is 0.895 bits per heavy atom. The van der Waals surface area contributed by atoms with Crippen LogP contribution in [0.1, 0.15) is 55.9 Å². The Bertz CT molecular complexity index is 1230. The highest BCUT2D eigenvalue weighted by molar-refractivity contribution is 5.95. The Kier molecular flexibility index (Phi) is 9.01. The molecule has 1 amide bonds. The van der Waals surface area contributed by atoms with Gasteiger partial charge in [0.05, 0.1) is 24.1 Å². The number of hydrogen-bond acceptors (Lipinski definition) is 10. The summed E-state index contributed by atoms with van der Waals surface area (Å²) >= 11 is 0. The van der Waals surface area contributed by atoms with E-state index >= 15 is 0 Å². The van der Waals surface area contributed by atoms with Gasteiger partial charge in [-0.2, -0.15) is 10.2 Å². The predicted octanol–water partition coefficient (Wildman–Crippen LogP) is 3.32. The van der Waals surface area contributed by atoms with Crippen molar-refractivity contribution in [1.29, 1.82) is 0 Å². The zero-order chi connectivity index (χ0) is 26.9. The Labute approximate surface area is 220 Å². The maximum Gasteiger partial charge on any atom is 0.251 e. The van der Waals surface area contributed by atoms with E-state index in [0.29, 0.717) is 59.5 Å². The average Bonchev–Trinajstić information content (AvgIpc) is 3.70. The Morgan fingerprint density at radius 2 is 1.50 bits per heavy atom. The number of aryl methyl sites for hydroxylation is 2. The number of rotatable bonds is 14. The molecule has 0 saturated heterocycles. The molecule has 13 nitrogen and oxygen atoms in total. The van der Waals surface area contributed by atoms with Gasteiger partial charge in [-0.25, -0.2) is 0 Å². The molecular weight excluding hydrogens is 490 g/mol. The minimum Gasteiger partial charge on any atom is -0.483 e. The molecule has 202 valence electrons. The number of nitrogens with zero attached hydrogens (tertiary/aromatic N) is 8. The van der Waals surface area contributed by atoms with Gasteiger partial charge < -0.3 is 19.5 Å². The third kappa shape index (κ3) is 6.72. The van der Waals surface area contributed by atoms with E-state index in [0.717, 1.165) is 6.42 Å². The van der Waals surface area contributed by atoms with Crippen LogP contribution in [-0.2, 0) is 26.3 Å². The third-order valence-corrected chi connectivity index (χ3v) is 5.69. The number of carbonyl (C=O) groups is 1. The van der Waals surface area contributed by atoms with E-state index in [1.165, 1.54) is 0 Å². The SMILES string of the molecule is CCNC(=O)c1cc(OCc2cn(CC)nn2)c(OCC2=CC(CC)N=N2)c(OCc2cn(CC)nn2)c1. The quantitative estimate of drug-likeness (QED) is 0.339. The number of azo groups is 1. The minimum absolute atomic E-state index is 0.0440. The van der Waals surface area contributed by atoms with Gasteiger partial charge in [0, 0.05) is 25.2 Å². The van der Waals surface area contributed by atoms with Crippen molar-refractivity contribution in [3.05, 3.63) is 53.3 Å². The first-order valence-corrected chi connectivity index (χ1v) is 12.8. The first-order valence-electron chi connectivity index (χ1n) is 12.8. The van der Waals surface area contributed by atoms with Crippen LogP contribution in [0.4, 0.5) is 0 Å². The van der Waals surface area contributed by atoms with Crippen molar-refractivity contribution in [2.24, 2.45) is 10.2 Å². The smallest absolute Gasteiger partial charge is 0.251 e. The molecule has 13 heteroatoms. The maximum absolute atomic E-state index is 12.8. The number of carbonyl (C=O) groups excluding carboxylic acids is 1. The van der Waals surface area contributed by atoms with Gasteiger partial charge in [0.2, 0.25) is 5.75 Å². The van der Waals surface area contributed by atoms with E-state index in [1.54, 1.807) is 33.9 Å². The van der Waals surface area contributed by atoms with Crippen molar-refractivity contribution < 1.29 is 19.0 Å². The number of aromatic nitrogens is 6. The standard InChI is InChI=1S/C25H33N9O4/c1-5-18-11-19(28-27-18)14-38-24-22(36-15-20-12-33(7-3)31-29-20)9-17(25(35)26-6-2)10-23(24)37-16-21-13-34(8-4)32-30-21/h9-13,18H,5-8,14-16H2,1-4H3,(H,26,35). The molecule has 1 N–H and O–H groups in total. The van der Waals surface area contributed by atoms with Crippen LogP contribution < -0.4 is 19.5 Å². The summed E-state index contributed by atoms with van der Waals surface area (Å²) in [5.74, 6) is 0.727. The molecule has 1 aromatic carbocycles. The fraction of sp³-hybridized carbons (Fsp3) is 0.480. The summed E-state index contributed by atoms with van der Waals surface area (Å²) in [5.41, 5.74) is 2.35. The van der Waals surface area contributed by atoms with Crippen molar-refractivity contribution in [3.63, 3.8) is 0 Å². The van der Waals surface area contributed by atoms with Crippen molar-refractivity contribution in [1.82, 2.24) is 35.3 Å². The molecule has 38 heavy (non-hydrogen) atoms. The molecule has 1 aliphatic heterocycles. The van der Waals surface area contributed by atoms with Gasteiger partial charge in [0.1, 0.15) is 31.2 Å². The molecule has 2 aromatic heterocycles. The lowest BCUT2D eigenvalue weighted by Gasteiger charge is -2.18. The van der Waals surface area contributed by atoms with Gasteiger partial charge in [-0.15, -0.1) is 10.2 Å². The van der Waals surface area contributed by atoms with Crippen LogP contribution in [0.5, 0.6) is 17.2 Å². The summed E-state index contributed by atoms with van der Waals surface area (Å²) < 4.78 is 21.8. The molecule has 3 aromatic rings. The van der Waals surface area contributed by atoms with Crippen LogP contribution in [-0.4, -0.2) is 55.1 Å². The second-order valence-electron chi connectivity index (χ2n) is 8.51.